The van der Waals surface area contributed by atoms with Crippen LogP contribution in [0.1, 0.15) is 6.92 Å². The van der Waals surface area contributed by atoms with Crippen LogP contribution >= 0.6 is 0 Å². The highest BCUT2D eigenvalue weighted by Gasteiger charge is 2.23. The molecule has 0 saturated heterocycles. The molecule has 1 unspecified atom stereocenters. The third kappa shape index (κ3) is 4.70. The fourth-order valence-electron chi connectivity index (χ4n) is 2.72. The Labute approximate surface area is 146 Å². The lowest BCUT2D eigenvalue weighted by Crippen LogP contribution is -2.43. The molecule has 1 aliphatic rings. The summed E-state index contributed by atoms with van der Waals surface area (Å²) in [6.45, 7) is 3.89. The Kier molecular flexibility index (Phi) is 5.50. The van der Waals surface area contributed by atoms with Crippen LogP contribution in [0.25, 0.3) is 0 Å². The number of anilines is 1. The zero-order valence-corrected chi connectivity index (χ0v) is 14.1. The van der Waals surface area contributed by atoms with E-state index < -0.39 is 0 Å². The van der Waals surface area contributed by atoms with Gasteiger partial charge in [-0.3, -0.25) is 9.69 Å². The van der Waals surface area contributed by atoms with Crippen molar-refractivity contribution < 1.29 is 18.7 Å². The van der Waals surface area contributed by atoms with Crippen molar-refractivity contribution in [3.05, 3.63) is 54.3 Å². The number of benzene rings is 2. The normalized spacial score (nSPS) is 15.9. The Morgan fingerprint density at radius 2 is 2.04 bits per heavy atom. The lowest BCUT2D eigenvalue weighted by molar-refractivity contribution is -0.117. The molecule has 25 heavy (non-hydrogen) atoms. The number of nitrogens with zero attached hydrogens (tertiary/aromatic N) is 1. The summed E-state index contributed by atoms with van der Waals surface area (Å²) >= 11 is 0. The summed E-state index contributed by atoms with van der Waals surface area (Å²) in [6.07, 6.45) is -0.142. The van der Waals surface area contributed by atoms with E-state index in [0.29, 0.717) is 25.4 Å². The van der Waals surface area contributed by atoms with Gasteiger partial charge in [-0.25, -0.2) is 4.39 Å². The lowest BCUT2D eigenvalue weighted by Gasteiger charge is -2.30. The van der Waals surface area contributed by atoms with Gasteiger partial charge in [0.2, 0.25) is 5.91 Å². The highest BCUT2D eigenvalue weighted by molar-refractivity contribution is 5.92. The number of nitrogens with one attached hydrogen (secondary N) is 1. The minimum absolute atomic E-state index is 0.142. The molecule has 6 heteroatoms. The molecular formula is C19H21FN2O3. The van der Waals surface area contributed by atoms with Crippen molar-refractivity contribution in [3.63, 3.8) is 0 Å². The van der Waals surface area contributed by atoms with Crippen LogP contribution in [0.3, 0.4) is 0 Å². The molecular weight excluding hydrogens is 323 g/mol. The number of likely N-dealkylation sites (N-methyl/N-ethyl adjacent to an activating group) is 1. The van der Waals surface area contributed by atoms with Crippen molar-refractivity contribution in [1.82, 2.24) is 4.90 Å². The van der Waals surface area contributed by atoms with E-state index in [1.54, 1.807) is 12.1 Å². The Bertz CT molecular complexity index is 738. The number of hydrogen-bond donors (Lipinski definition) is 1. The number of carbonyl (C=O) groups is 1. The maximum Gasteiger partial charge on any atom is 0.238 e. The molecule has 2 aromatic rings. The Hall–Kier alpha value is -2.60. The van der Waals surface area contributed by atoms with Crippen molar-refractivity contribution >= 4 is 11.6 Å². The van der Waals surface area contributed by atoms with Crippen molar-refractivity contribution in [3.8, 4) is 11.5 Å². The van der Waals surface area contributed by atoms with Gasteiger partial charge in [-0.05, 0) is 36.9 Å². The van der Waals surface area contributed by atoms with Crippen molar-refractivity contribution in [2.24, 2.45) is 0 Å². The number of halogens is 1. The number of fused-ring (bicyclic) bond motifs is 1. The van der Waals surface area contributed by atoms with Gasteiger partial charge in [0, 0.05) is 12.2 Å². The van der Waals surface area contributed by atoms with E-state index in [-0.39, 0.29) is 24.4 Å². The van der Waals surface area contributed by atoms with Crippen LogP contribution in [0.15, 0.2) is 48.5 Å². The Balaban J connectivity index is 1.53. The van der Waals surface area contributed by atoms with E-state index in [9.17, 15) is 9.18 Å². The molecule has 132 valence electrons. The van der Waals surface area contributed by atoms with Gasteiger partial charge in [0.1, 0.15) is 18.5 Å². The first kappa shape index (κ1) is 17.2. The molecule has 5 nitrogen and oxygen atoms in total. The van der Waals surface area contributed by atoms with E-state index >= 15 is 0 Å². The minimum atomic E-state index is -0.378. The molecule has 0 saturated carbocycles. The number of ether oxygens (including phenoxy) is 2. The molecule has 0 bridgehead atoms. The summed E-state index contributed by atoms with van der Waals surface area (Å²) in [5, 5.41) is 2.71. The van der Waals surface area contributed by atoms with Gasteiger partial charge in [-0.1, -0.05) is 25.1 Å². The molecule has 0 aliphatic carbocycles. The average molecular weight is 344 g/mol. The van der Waals surface area contributed by atoms with Crippen LogP contribution in [-0.2, 0) is 4.79 Å². The van der Waals surface area contributed by atoms with Crippen molar-refractivity contribution in [1.29, 1.82) is 0 Å². The monoisotopic (exact) mass is 344 g/mol. The molecule has 2 aromatic carbocycles. The largest absolute Gasteiger partial charge is 0.486 e. The molecule has 0 radical (unpaired) electrons. The van der Waals surface area contributed by atoms with E-state index in [1.807, 2.05) is 36.1 Å². The second-order valence-corrected chi connectivity index (χ2v) is 5.88. The number of amides is 1. The third-order valence-corrected chi connectivity index (χ3v) is 3.95. The number of para-hydroxylation sites is 2. The molecule has 1 N–H and O–H groups in total. The highest BCUT2D eigenvalue weighted by Crippen LogP contribution is 2.30. The van der Waals surface area contributed by atoms with Crippen molar-refractivity contribution in [2.45, 2.75) is 13.0 Å². The summed E-state index contributed by atoms with van der Waals surface area (Å²) < 4.78 is 24.8. The molecule has 1 amide bonds. The van der Waals surface area contributed by atoms with E-state index in [1.165, 1.54) is 12.1 Å². The standard InChI is InChI=1S/C19H21FN2O3/c1-2-22(12-19(23)21-15-7-5-6-14(20)10-15)11-16-13-24-17-8-3-4-9-18(17)25-16/h3-10,16H,2,11-13H2,1H3,(H,21,23). The summed E-state index contributed by atoms with van der Waals surface area (Å²) in [4.78, 5) is 14.2. The fraction of sp³-hybridized carbons (Fsp3) is 0.316. The summed E-state index contributed by atoms with van der Waals surface area (Å²) in [5.41, 5.74) is 0.451. The molecule has 0 fully saturated rings. The first-order chi connectivity index (χ1) is 12.1. The molecule has 0 spiro atoms. The zero-order valence-electron chi connectivity index (χ0n) is 14.1. The van der Waals surface area contributed by atoms with Crippen molar-refractivity contribution in [2.75, 3.05) is 31.6 Å². The fourth-order valence-corrected chi connectivity index (χ4v) is 2.72. The number of rotatable bonds is 6. The lowest BCUT2D eigenvalue weighted by atomic mass is 10.2. The molecule has 1 atom stereocenters. The Morgan fingerprint density at radius 1 is 1.24 bits per heavy atom. The molecule has 1 aliphatic heterocycles. The topological polar surface area (TPSA) is 50.8 Å². The maximum atomic E-state index is 13.2. The smallest absolute Gasteiger partial charge is 0.238 e. The summed E-state index contributed by atoms with van der Waals surface area (Å²) in [7, 11) is 0. The maximum absolute atomic E-state index is 13.2. The first-order valence-corrected chi connectivity index (χ1v) is 8.30. The van der Waals surface area contributed by atoms with Crippen LogP contribution in [0, 0.1) is 5.82 Å². The average Bonchev–Trinajstić information content (AvgIpc) is 2.61. The van der Waals surface area contributed by atoms with Gasteiger partial charge in [-0.15, -0.1) is 0 Å². The zero-order chi connectivity index (χ0) is 17.6. The van der Waals surface area contributed by atoms with E-state index in [2.05, 4.69) is 5.32 Å². The van der Waals surface area contributed by atoms with Gasteiger partial charge in [0.05, 0.1) is 6.54 Å². The minimum Gasteiger partial charge on any atom is -0.486 e. The van der Waals surface area contributed by atoms with Crippen LogP contribution in [-0.4, -0.2) is 43.2 Å². The third-order valence-electron chi connectivity index (χ3n) is 3.95. The Morgan fingerprint density at radius 3 is 2.80 bits per heavy atom. The van der Waals surface area contributed by atoms with Crippen LogP contribution < -0.4 is 14.8 Å². The SMILES string of the molecule is CCN(CC(=O)Nc1cccc(F)c1)CC1COc2ccccc2O1. The van der Waals surface area contributed by atoms with E-state index in [4.69, 9.17) is 9.47 Å². The quantitative estimate of drug-likeness (QED) is 0.875. The second-order valence-electron chi connectivity index (χ2n) is 5.88. The van der Waals surface area contributed by atoms with Gasteiger partial charge >= 0.3 is 0 Å². The predicted octanol–water partition coefficient (Wildman–Crippen LogP) is 2.93. The van der Waals surface area contributed by atoms with Gasteiger partial charge < -0.3 is 14.8 Å². The van der Waals surface area contributed by atoms with Gasteiger partial charge in [0.15, 0.2) is 11.5 Å². The van der Waals surface area contributed by atoms with E-state index in [0.717, 1.165) is 11.5 Å². The van der Waals surface area contributed by atoms with Gasteiger partial charge in [0.25, 0.3) is 0 Å². The summed E-state index contributed by atoms with van der Waals surface area (Å²) in [5.74, 6) is 0.894. The van der Waals surface area contributed by atoms with Gasteiger partial charge in [-0.2, -0.15) is 0 Å². The summed E-state index contributed by atoms with van der Waals surface area (Å²) in [6, 6.07) is 13.4. The van der Waals surface area contributed by atoms with Crippen LogP contribution in [0.4, 0.5) is 10.1 Å². The highest BCUT2D eigenvalue weighted by atomic mass is 19.1. The second kappa shape index (κ2) is 7.98. The first-order valence-electron chi connectivity index (χ1n) is 8.30. The number of carbonyl (C=O) groups excluding carboxylic acids is 1. The van der Waals surface area contributed by atoms with Crippen LogP contribution in [0.5, 0.6) is 11.5 Å². The predicted molar refractivity (Wildman–Crippen MR) is 93.5 cm³/mol. The van der Waals surface area contributed by atoms with Crippen LogP contribution in [0.2, 0.25) is 0 Å². The molecule has 3 rings (SSSR count). The number of hydrogen-bond acceptors (Lipinski definition) is 4. The molecule has 1 heterocycles. The molecule has 0 aromatic heterocycles.